The van der Waals surface area contributed by atoms with Gasteiger partial charge in [-0.1, -0.05) is 6.08 Å². The number of methoxy groups -OCH3 is 1. The molecule has 0 saturated heterocycles. The molecule has 1 amide bonds. The Hall–Kier alpha value is -1.32. The van der Waals surface area contributed by atoms with Crippen LogP contribution in [0, 0.1) is 0 Å². The largest absolute Gasteiger partial charge is 0.466 e. The van der Waals surface area contributed by atoms with E-state index in [1.165, 1.54) is 19.3 Å². The maximum atomic E-state index is 10.3. The van der Waals surface area contributed by atoms with Gasteiger partial charge in [0.1, 0.15) is 0 Å². The van der Waals surface area contributed by atoms with E-state index in [2.05, 4.69) is 10.1 Å². The quantitative estimate of drug-likeness (QED) is 0.249. The van der Waals surface area contributed by atoms with Crippen LogP contribution in [0.1, 0.15) is 0 Å². The summed E-state index contributed by atoms with van der Waals surface area (Å²) in [6.45, 7) is 0.346. The van der Waals surface area contributed by atoms with Crippen molar-refractivity contribution >= 4 is 12.4 Å². The van der Waals surface area contributed by atoms with Gasteiger partial charge in [-0.3, -0.25) is 4.79 Å². The first-order valence-corrected chi connectivity index (χ1v) is 2.72. The number of hydrogen-bond donors (Lipinski definition) is 1. The van der Waals surface area contributed by atoms with Crippen LogP contribution in [0.2, 0.25) is 0 Å². The Bertz CT molecular complexity index is 142. The normalized spacial score (nSPS) is 9.30. The molecule has 0 heterocycles. The predicted molar refractivity (Wildman–Crippen MR) is 35.2 cm³/mol. The smallest absolute Gasteiger partial charge is 0.330 e. The van der Waals surface area contributed by atoms with Gasteiger partial charge in [0.15, 0.2) is 0 Å². The summed E-state index contributed by atoms with van der Waals surface area (Å²) in [5.74, 6) is -0.423. The first-order valence-electron chi connectivity index (χ1n) is 2.72. The van der Waals surface area contributed by atoms with Gasteiger partial charge in [-0.2, -0.15) is 0 Å². The minimum atomic E-state index is -0.423. The molecule has 0 aliphatic rings. The van der Waals surface area contributed by atoms with Gasteiger partial charge in [0.05, 0.1) is 7.11 Å². The van der Waals surface area contributed by atoms with E-state index in [-0.39, 0.29) is 0 Å². The van der Waals surface area contributed by atoms with Crippen LogP contribution in [0.25, 0.3) is 0 Å². The Labute approximate surface area is 58.9 Å². The van der Waals surface area contributed by atoms with Gasteiger partial charge in [-0.25, -0.2) is 4.79 Å². The second-order valence-electron chi connectivity index (χ2n) is 1.45. The van der Waals surface area contributed by atoms with Crippen LogP contribution in [-0.4, -0.2) is 26.0 Å². The zero-order valence-corrected chi connectivity index (χ0v) is 5.66. The summed E-state index contributed by atoms with van der Waals surface area (Å²) < 4.78 is 4.29. The molecule has 0 spiro atoms. The molecule has 4 heteroatoms. The molecule has 0 radical (unpaired) electrons. The van der Waals surface area contributed by atoms with Crippen LogP contribution in [0.4, 0.5) is 0 Å². The van der Waals surface area contributed by atoms with Crippen LogP contribution in [0.15, 0.2) is 12.2 Å². The lowest BCUT2D eigenvalue weighted by atomic mass is 10.5. The standard InChI is InChI=1S/C6H9NO3/c1-10-6(9)3-2-4-7-5-8/h2-3,5H,4H2,1H3,(H,7,8). The maximum absolute atomic E-state index is 10.3. The second-order valence-corrected chi connectivity index (χ2v) is 1.45. The number of esters is 1. The number of carbonyl (C=O) groups excluding carboxylic acids is 2. The van der Waals surface area contributed by atoms with Crippen LogP contribution in [0.3, 0.4) is 0 Å². The average Bonchev–Trinajstić information content (AvgIpc) is 1.98. The third-order valence-electron chi connectivity index (χ3n) is 0.774. The summed E-state index contributed by atoms with van der Waals surface area (Å²) in [6, 6.07) is 0. The molecule has 4 nitrogen and oxygen atoms in total. The van der Waals surface area contributed by atoms with Crippen LogP contribution in [-0.2, 0) is 14.3 Å². The number of nitrogens with one attached hydrogen (secondary N) is 1. The van der Waals surface area contributed by atoms with E-state index in [1.54, 1.807) is 0 Å². The van der Waals surface area contributed by atoms with Crippen molar-refractivity contribution in [2.45, 2.75) is 0 Å². The fraction of sp³-hybridized carbons (Fsp3) is 0.333. The van der Waals surface area contributed by atoms with E-state index >= 15 is 0 Å². The molecule has 0 atom stereocenters. The van der Waals surface area contributed by atoms with Gasteiger partial charge >= 0.3 is 5.97 Å². The average molecular weight is 143 g/mol. The molecule has 0 saturated carbocycles. The molecule has 0 aliphatic heterocycles. The molecule has 1 N–H and O–H groups in total. The number of hydrogen-bond acceptors (Lipinski definition) is 3. The third kappa shape index (κ3) is 4.83. The lowest BCUT2D eigenvalue weighted by Crippen LogP contribution is -2.10. The molecule has 0 unspecified atom stereocenters. The fourth-order valence-electron chi connectivity index (χ4n) is 0.339. The van der Waals surface area contributed by atoms with Crippen LogP contribution < -0.4 is 5.32 Å². The third-order valence-corrected chi connectivity index (χ3v) is 0.774. The number of carbonyl (C=O) groups is 2. The number of rotatable bonds is 4. The van der Waals surface area contributed by atoms with Crippen molar-refractivity contribution in [3.05, 3.63) is 12.2 Å². The van der Waals surface area contributed by atoms with Crippen LogP contribution >= 0.6 is 0 Å². The molecule has 0 aliphatic carbocycles. The molecular formula is C6H9NO3. The first-order chi connectivity index (χ1) is 4.81. The van der Waals surface area contributed by atoms with Crippen molar-refractivity contribution in [2.24, 2.45) is 0 Å². The molecule has 56 valence electrons. The Morgan fingerprint density at radius 1 is 1.70 bits per heavy atom. The minimum absolute atomic E-state index is 0.346. The van der Waals surface area contributed by atoms with Crippen molar-refractivity contribution in [2.75, 3.05) is 13.7 Å². The SMILES string of the molecule is COC(=O)C=CCNC=O. The maximum Gasteiger partial charge on any atom is 0.330 e. The Morgan fingerprint density at radius 3 is 2.90 bits per heavy atom. The van der Waals surface area contributed by atoms with Gasteiger partial charge in [-0.15, -0.1) is 0 Å². The van der Waals surface area contributed by atoms with E-state index in [1.807, 2.05) is 0 Å². The molecule has 10 heavy (non-hydrogen) atoms. The zero-order chi connectivity index (χ0) is 7.82. The molecular weight excluding hydrogens is 134 g/mol. The summed E-state index contributed by atoms with van der Waals surface area (Å²) in [6.07, 6.45) is 3.30. The van der Waals surface area contributed by atoms with Gasteiger partial charge in [-0.05, 0) is 0 Å². The van der Waals surface area contributed by atoms with E-state index in [4.69, 9.17) is 0 Å². The second kappa shape index (κ2) is 5.81. The highest BCUT2D eigenvalue weighted by Gasteiger charge is 1.87. The summed E-state index contributed by atoms with van der Waals surface area (Å²) in [5.41, 5.74) is 0. The molecule has 0 aromatic carbocycles. The van der Waals surface area contributed by atoms with Gasteiger partial charge in [0.2, 0.25) is 6.41 Å². The lowest BCUT2D eigenvalue weighted by molar-refractivity contribution is -0.134. The Morgan fingerprint density at radius 2 is 2.40 bits per heavy atom. The summed E-state index contributed by atoms with van der Waals surface area (Å²) in [4.78, 5) is 20.0. The van der Waals surface area contributed by atoms with Crippen molar-refractivity contribution < 1.29 is 14.3 Å². The Balaban J connectivity index is 3.35. The number of ether oxygens (including phenoxy) is 1. The fourth-order valence-corrected chi connectivity index (χ4v) is 0.339. The summed E-state index contributed by atoms with van der Waals surface area (Å²) >= 11 is 0. The van der Waals surface area contributed by atoms with Crippen LogP contribution in [0.5, 0.6) is 0 Å². The van der Waals surface area contributed by atoms with Crippen molar-refractivity contribution in [3.8, 4) is 0 Å². The van der Waals surface area contributed by atoms with E-state index < -0.39 is 5.97 Å². The monoisotopic (exact) mass is 143 g/mol. The van der Waals surface area contributed by atoms with Gasteiger partial charge < -0.3 is 10.1 Å². The van der Waals surface area contributed by atoms with Crippen molar-refractivity contribution in [1.82, 2.24) is 5.32 Å². The lowest BCUT2D eigenvalue weighted by Gasteiger charge is -1.89. The molecule has 0 fully saturated rings. The summed E-state index contributed by atoms with van der Waals surface area (Å²) in [7, 11) is 1.29. The highest BCUT2D eigenvalue weighted by atomic mass is 16.5. The predicted octanol–water partition coefficient (Wildman–Crippen LogP) is -0.538. The van der Waals surface area contributed by atoms with Gasteiger partial charge in [0.25, 0.3) is 0 Å². The Kier molecular flexibility index (Phi) is 5.04. The minimum Gasteiger partial charge on any atom is -0.466 e. The first kappa shape index (κ1) is 8.68. The van der Waals surface area contributed by atoms with E-state index in [9.17, 15) is 9.59 Å². The van der Waals surface area contributed by atoms with Crippen molar-refractivity contribution in [1.29, 1.82) is 0 Å². The highest BCUT2D eigenvalue weighted by Crippen LogP contribution is 1.75. The molecule has 0 aromatic rings. The summed E-state index contributed by atoms with van der Waals surface area (Å²) in [5, 5.41) is 2.35. The topological polar surface area (TPSA) is 55.4 Å². The highest BCUT2D eigenvalue weighted by molar-refractivity contribution is 5.81. The molecule has 0 aromatic heterocycles. The van der Waals surface area contributed by atoms with Crippen molar-refractivity contribution in [3.63, 3.8) is 0 Å². The molecule has 0 rings (SSSR count). The van der Waals surface area contributed by atoms with Gasteiger partial charge in [0, 0.05) is 12.6 Å². The van der Waals surface area contributed by atoms with E-state index in [0.717, 1.165) is 0 Å². The molecule has 0 bridgehead atoms. The van der Waals surface area contributed by atoms with E-state index in [0.29, 0.717) is 13.0 Å². The zero-order valence-electron chi connectivity index (χ0n) is 5.66. The number of amides is 1.